The molecule has 1 saturated heterocycles. The molecule has 9 heteroatoms. The van der Waals surface area contributed by atoms with Gasteiger partial charge in [-0.05, 0) is 41.8 Å². The second-order valence-corrected chi connectivity index (χ2v) is 7.34. The van der Waals surface area contributed by atoms with Crippen molar-refractivity contribution in [3.63, 3.8) is 0 Å². The zero-order valence-electron chi connectivity index (χ0n) is 15.9. The summed E-state index contributed by atoms with van der Waals surface area (Å²) in [5.74, 6) is -2.37. The first kappa shape index (κ1) is 18.4. The Bertz CT molecular complexity index is 1240. The third-order valence-corrected chi connectivity index (χ3v) is 5.35. The summed E-state index contributed by atoms with van der Waals surface area (Å²) in [6.45, 7) is 0.0631. The van der Waals surface area contributed by atoms with Crippen LogP contribution >= 0.6 is 0 Å². The maximum absolute atomic E-state index is 13.4. The van der Waals surface area contributed by atoms with Crippen molar-refractivity contribution in [1.29, 1.82) is 0 Å². The number of carbonyl (C=O) groups is 1. The van der Waals surface area contributed by atoms with Gasteiger partial charge in [-0.15, -0.1) is 0 Å². The number of fused-ring (bicyclic) bond motifs is 2. The number of nitrogens with one attached hydrogen (secondary N) is 2. The molecule has 1 aliphatic rings. The number of amides is 1. The van der Waals surface area contributed by atoms with Gasteiger partial charge in [0.2, 0.25) is 0 Å². The van der Waals surface area contributed by atoms with E-state index >= 15 is 0 Å². The van der Waals surface area contributed by atoms with Gasteiger partial charge in [0.1, 0.15) is 5.69 Å². The lowest BCUT2D eigenvalue weighted by molar-refractivity contribution is -0.0494. The van der Waals surface area contributed by atoms with E-state index in [1.165, 1.54) is 4.90 Å². The summed E-state index contributed by atoms with van der Waals surface area (Å²) in [5.41, 5.74) is 1.76. The minimum atomic E-state index is -2.70. The molecule has 4 aromatic rings. The average Bonchev–Trinajstić information content (AvgIpc) is 3.15. The number of H-pyrrole nitrogens is 1. The smallest absolute Gasteiger partial charge is 0.273 e. The number of aromatic amines is 1. The third kappa shape index (κ3) is 3.32. The monoisotopic (exact) mass is 408 g/mol. The average molecular weight is 408 g/mol. The van der Waals surface area contributed by atoms with Gasteiger partial charge in [-0.3, -0.25) is 14.9 Å². The van der Waals surface area contributed by atoms with E-state index in [4.69, 9.17) is 0 Å². The molecule has 152 valence electrons. The molecule has 1 aromatic carbocycles. The molecule has 30 heavy (non-hydrogen) atoms. The third-order valence-electron chi connectivity index (χ3n) is 5.35. The Labute approximate surface area is 170 Å². The van der Waals surface area contributed by atoms with Crippen LogP contribution < -0.4 is 5.32 Å². The van der Waals surface area contributed by atoms with E-state index in [0.29, 0.717) is 16.9 Å². The highest BCUT2D eigenvalue weighted by Gasteiger charge is 2.36. The van der Waals surface area contributed by atoms with E-state index < -0.39 is 5.92 Å². The second kappa shape index (κ2) is 7.01. The minimum Gasteiger partial charge on any atom is -0.338 e. The van der Waals surface area contributed by atoms with Crippen molar-refractivity contribution in [2.45, 2.75) is 18.8 Å². The summed E-state index contributed by atoms with van der Waals surface area (Å²) in [4.78, 5) is 22.8. The van der Waals surface area contributed by atoms with E-state index in [1.807, 2.05) is 36.4 Å². The molecule has 2 N–H and O–H groups in total. The van der Waals surface area contributed by atoms with Gasteiger partial charge < -0.3 is 10.2 Å². The number of rotatable bonds is 3. The number of aromatic nitrogens is 4. The molecule has 1 aliphatic heterocycles. The molecule has 0 unspecified atom stereocenters. The first-order chi connectivity index (χ1) is 14.5. The number of likely N-dealkylation sites (tertiary alicyclic amines) is 1. The number of hydrogen-bond acceptors (Lipinski definition) is 5. The number of carbonyl (C=O) groups excluding carboxylic acids is 1. The van der Waals surface area contributed by atoms with Crippen molar-refractivity contribution < 1.29 is 13.6 Å². The topological polar surface area (TPSA) is 86.8 Å². The van der Waals surface area contributed by atoms with Crippen LogP contribution in [0.25, 0.3) is 21.8 Å². The Morgan fingerprint density at radius 3 is 2.73 bits per heavy atom. The lowest BCUT2D eigenvalue weighted by Gasteiger charge is -2.31. The summed E-state index contributed by atoms with van der Waals surface area (Å²) in [6.07, 6.45) is 2.62. The number of piperidine rings is 1. The molecule has 1 fully saturated rings. The van der Waals surface area contributed by atoms with Crippen LogP contribution in [0.5, 0.6) is 0 Å². The van der Waals surface area contributed by atoms with Gasteiger partial charge in [0.15, 0.2) is 11.5 Å². The Hall–Kier alpha value is -3.62. The first-order valence-electron chi connectivity index (χ1n) is 9.62. The van der Waals surface area contributed by atoms with Gasteiger partial charge in [-0.25, -0.2) is 13.8 Å². The lowest BCUT2D eigenvalue weighted by atomic mass is 10.0. The zero-order chi connectivity index (χ0) is 20.7. The molecular formula is C21H18F2N6O. The molecule has 0 atom stereocenters. The van der Waals surface area contributed by atoms with Gasteiger partial charge in [0, 0.05) is 49.4 Å². The van der Waals surface area contributed by atoms with Crippen molar-refractivity contribution >= 4 is 39.2 Å². The standard InChI is InChI=1S/C21H18F2N6O/c22-21(23)6-10-29(11-7-21)20(30)17-15-4-3-14(12-13(15)5-9-24-17)26-19-16-2-1-8-25-18(16)27-28-19/h1-5,8-9,12H,6-7,10-11H2,(H2,25,26,27,28). The van der Waals surface area contributed by atoms with Gasteiger partial charge in [0.05, 0.1) is 5.39 Å². The fourth-order valence-corrected chi connectivity index (χ4v) is 3.70. The zero-order valence-corrected chi connectivity index (χ0v) is 15.9. The molecule has 0 saturated carbocycles. The van der Waals surface area contributed by atoms with Crippen LogP contribution in [0, 0.1) is 0 Å². The molecule has 0 aliphatic carbocycles. The van der Waals surface area contributed by atoms with E-state index in [2.05, 4.69) is 25.5 Å². The Morgan fingerprint density at radius 1 is 1.07 bits per heavy atom. The predicted molar refractivity (Wildman–Crippen MR) is 109 cm³/mol. The maximum Gasteiger partial charge on any atom is 0.273 e. The predicted octanol–water partition coefficient (Wildman–Crippen LogP) is 4.12. The number of alkyl halides is 2. The number of anilines is 2. The highest BCUT2D eigenvalue weighted by atomic mass is 19.3. The van der Waals surface area contributed by atoms with Crippen molar-refractivity contribution in [3.8, 4) is 0 Å². The fourth-order valence-electron chi connectivity index (χ4n) is 3.70. The SMILES string of the molecule is O=C(c1nccc2cc(Nc3n[nH]c4ncccc34)ccc12)N1CCC(F)(F)CC1. The maximum atomic E-state index is 13.4. The van der Waals surface area contributed by atoms with Crippen molar-refractivity contribution in [1.82, 2.24) is 25.1 Å². The number of nitrogens with zero attached hydrogens (tertiary/aromatic N) is 4. The molecule has 0 spiro atoms. The number of pyridine rings is 2. The first-order valence-corrected chi connectivity index (χ1v) is 9.62. The van der Waals surface area contributed by atoms with Crippen LogP contribution in [0.4, 0.5) is 20.3 Å². The van der Waals surface area contributed by atoms with Crippen molar-refractivity contribution in [2.24, 2.45) is 0 Å². The van der Waals surface area contributed by atoms with Gasteiger partial charge >= 0.3 is 0 Å². The molecule has 4 heterocycles. The van der Waals surface area contributed by atoms with E-state index in [9.17, 15) is 13.6 Å². The van der Waals surface area contributed by atoms with Crippen LogP contribution in [0.15, 0.2) is 48.8 Å². The minimum absolute atomic E-state index is 0.0316. The molecule has 0 radical (unpaired) electrons. The highest BCUT2D eigenvalue weighted by molar-refractivity contribution is 6.06. The normalized spacial score (nSPS) is 16.1. The van der Waals surface area contributed by atoms with Crippen LogP contribution in [0.2, 0.25) is 0 Å². The Balaban J connectivity index is 1.43. The van der Waals surface area contributed by atoms with E-state index in [-0.39, 0.29) is 37.5 Å². The van der Waals surface area contributed by atoms with Crippen LogP contribution in [-0.4, -0.2) is 50.0 Å². The van der Waals surface area contributed by atoms with Crippen LogP contribution in [0.3, 0.4) is 0 Å². The van der Waals surface area contributed by atoms with Crippen molar-refractivity contribution in [3.05, 3.63) is 54.5 Å². The van der Waals surface area contributed by atoms with Gasteiger partial charge in [0.25, 0.3) is 11.8 Å². The highest BCUT2D eigenvalue weighted by Crippen LogP contribution is 2.30. The Morgan fingerprint density at radius 2 is 1.90 bits per heavy atom. The molecule has 7 nitrogen and oxygen atoms in total. The van der Waals surface area contributed by atoms with Crippen LogP contribution in [-0.2, 0) is 0 Å². The molecule has 5 rings (SSSR count). The quantitative estimate of drug-likeness (QED) is 0.533. The van der Waals surface area contributed by atoms with Gasteiger partial charge in [-0.2, -0.15) is 5.10 Å². The Kier molecular flexibility index (Phi) is 4.30. The van der Waals surface area contributed by atoms with Crippen molar-refractivity contribution in [2.75, 3.05) is 18.4 Å². The number of halogens is 2. The summed E-state index contributed by atoms with van der Waals surface area (Å²) in [6, 6.07) is 11.1. The van der Waals surface area contributed by atoms with E-state index in [0.717, 1.165) is 16.5 Å². The summed E-state index contributed by atoms with van der Waals surface area (Å²) < 4.78 is 26.8. The molecular weight excluding hydrogens is 390 g/mol. The lowest BCUT2D eigenvalue weighted by Crippen LogP contribution is -2.43. The molecule has 3 aromatic heterocycles. The summed E-state index contributed by atoms with van der Waals surface area (Å²) in [7, 11) is 0. The second-order valence-electron chi connectivity index (χ2n) is 7.34. The largest absolute Gasteiger partial charge is 0.338 e. The molecule has 1 amide bonds. The summed E-state index contributed by atoms with van der Waals surface area (Å²) in [5, 5.41) is 12.8. The van der Waals surface area contributed by atoms with Crippen LogP contribution in [0.1, 0.15) is 23.3 Å². The fraction of sp³-hybridized carbons (Fsp3) is 0.238. The van der Waals surface area contributed by atoms with Gasteiger partial charge in [-0.1, -0.05) is 0 Å². The van der Waals surface area contributed by atoms with E-state index in [1.54, 1.807) is 12.4 Å². The molecule has 0 bridgehead atoms. The number of benzene rings is 1. The number of hydrogen-bond donors (Lipinski definition) is 2. The summed E-state index contributed by atoms with van der Waals surface area (Å²) >= 11 is 0.